The molecule has 6 nitrogen and oxygen atoms in total. The number of hydrogen-bond donors (Lipinski definition) is 2. The Balaban J connectivity index is 1.53. The molecule has 1 fully saturated rings. The summed E-state index contributed by atoms with van der Waals surface area (Å²) in [7, 11) is 0. The number of aromatic nitrogens is 2. The molecule has 0 aliphatic carbocycles. The number of aliphatic hydroxyl groups is 1. The zero-order valence-corrected chi connectivity index (χ0v) is 15.3. The van der Waals surface area contributed by atoms with E-state index in [1.54, 1.807) is 6.33 Å². The summed E-state index contributed by atoms with van der Waals surface area (Å²) in [6.45, 7) is 3.07. The van der Waals surface area contributed by atoms with Gasteiger partial charge in [0.15, 0.2) is 0 Å². The largest absolute Gasteiger partial charge is 0.459 e. The Morgan fingerprint density at radius 3 is 3.08 bits per heavy atom. The topological polar surface area (TPSA) is 74.4 Å². The summed E-state index contributed by atoms with van der Waals surface area (Å²) in [5, 5.41) is 14.6. The average molecular weight is 373 g/mol. The molecule has 2 N–H and O–H groups in total. The maximum Gasteiger partial charge on any atom is 0.134 e. The fraction of sp³-hybridized carbons (Fsp3) is 0.368. The van der Waals surface area contributed by atoms with Crippen LogP contribution in [-0.2, 0) is 0 Å². The summed E-state index contributed by atoms with van der Waals surface area (Å²) in [6, 6.07) is 9.57. The Morgan fingerprint density at radius 1 is 1.35 bits per heavy atom. The second kappa shape index (κ2) is 7.13. The van der Waals surface area contributed by atoms with Crippen LogP contribution in [0.1, 0.15) is 31.6 Å². The molecular weight excluding hydrogens is 352 g/mol. The number of furan rings is 1. The van der Waals surface area contributed by atoms with E-state index in [-0.39, 0.29) is 18.7 Å². The van der Waals surface area contributed by atoms with Gasteiger partial charge < -0.3 is 19.7 Å². The molecule has 7 heteroatoms. The van der Waals surface area contributed by atoms with Gasteiger partial charge in [0.25, 0.3) is 0 Å². The molecule has 0 amide bonds. The van der Waals surface area contributed by atoms with Crippen LogP contribution in [0.25, 0.3) is 11.0 Å². The van der Waals surface area contributed by atoms with Gasteiger partial charge in [0.2, 0.25) is 0 Å². The first kappa shape index (κ1) is 17.1. The Bertz CT molecular complexity index is 913. The number of nitrogens with zero attached hydrogens (tertiary/aromatic N) is 3. The van der Waals surface area contributed by atoms with Crippen molar-refractivity contribution in [1.82, 2.24) is 9.97 Å². The maximum absolute atomic E-state index is 9.53. The Hall–Kier alpha value is -2.31. The van der Waals surface area contributed by atoms with E-state index in [0.717, 1.165) is 47.8 Å². The van der Waals surface area contributed by atoms with E-state index in [2.05, 4.69) is 20.2 Å². The number of rotatable bonds is 5. The fourth-order valence-electron chi connectivity index (χ4n) is 3.45. The van der Waals surface area contributed by atoms with Crippen molar-refractivity contribution in [1.29, 1.82) is 0 Å². The molecule has 0 bridgehead atoms. The number of halogens is 1. The minimum Gasteiger partial charge on any atom is -0.459 e. The molecule has 3 aromatic rings. The van der Waals surface area contributed by atoms with Crippen molar-refractivity contribution in [2.24, 2.45) is 0 Å². The Labute approximate surface area is 156 Å². The molecule has 1 saturated heterocycles. The lowest BCUT2D eigenvalue weighted by molar-refractivity contribution is 0.266. The van der Waals surface area contributed by atoms with E-state index in [1.807, 2.05) is 37.3 Å². The zero-order chi connectivity index (χ0) is 18.1. The highest BCUT2D eigenvalue weighted by molar-refractivity contribution is 6.31. The standard InChI is InChI=1S/C19H21ClN4O2/c1-12(17-8-13-7-14(20)4-5-16(13)26-17)23-18-9-19(22-11-21-18)24-6-2-3-15(24)10-25/h4-5,7-9,11-12,15,25H,2-3,6,10H2,1H3,(H,21,22,23). The van der Waals surface area contributed by atoms with Crippen LogP contribution in [0, 0.1) is 0 Å². The molecule has 0 radical (unpaired) electrons. The van der Waals surface area contributed by atoms with Gasteiger partial charge in [0.1, 0.15) is 29.3 Å². The Kier molecular flexibility index (Phi) is 4.70. The van der Waals surface area contributed by atoms with Gasteiger partial charge in [-0.25, -0.2) is 9.97 Å². The van der Waals surface area contributed by atoms with E-state index in [9.17, 15) is 5.11 Å². The third kappa shape index (κ3) is 3.34. The minimum atomic E-state index is -0.0591. The molecule has 2 aromatic heterocycles. The SMILES string of the molecule is CC(Nc1cc(N2CCCC2CO)ncn1)c1cc2cc(Cl)ccc2o1. The van der Waals surface area contributed by atoms with Gasteiger partial charge >= 0.3 is 0 Å². The zero-order valence-electron chi connectivity index (χ0n) is 14.5. The van der Waals surface area contributed by atoms with Crippen LogP contribution in [0.2, 0.25) is 5.02 Å². The van der Waals surface area contributed by atoms with Gasteiger partial charge in [-0.3, -0.25) is 0 Å². The van der Waals surface area contributed by atoms with Crippen molar-refractivity contribution in [3.05, 3.63) is 47.4 Å². The van der Waals surface area contributed by atoms with E-state index in [0.29, 0.717) is 5.02 Å². The van der Waals surface area contributed by atoms with E-state index in [4.69, 9.17) is 16.0 Å². The molecule has 136 valence electrons. The van der Waals surface area contributed by atoms with Crippen molar-refractivity contribution in [3.63, 3.8) is 0 Å². The highest BCUT2D eigenvalue weighted by atomic mass is 35.5. The number of benzene rings is 1. The molecule has 1 aliphatic rings. The molecule has 2 atom stereocenters. The Morgan fingerprint density at radius 2 is 2.23 bits per heavy atom. The first-order valence-electron chi connectivity index (χ1n) is 8.79. The number of aliphatic hydroxyl groups excluding tert-OH is 1. The predicted molar refractivity (Wildman–Crippen MR) is 103 cm³/mol. The summed E-state index contributed by atoms with van der Waals surface area (Å²) in [6.07, 6.45) is 3.60. The summed E-state index contributed by atoms with van der Waals surface area (Å²) in [5.74, 6) is 2.38. The molecule has 26 heavy (non-hydrogen) atoms. The monoisotopic (exact) mass is 372 g/mol. The molecule has 3 heterocycles. The highest BCUT2D eigenvalue weighted by Crippen LogP contribution is 2.29. The predicted octanol–water partition coefficient (Wildman–Crippen LogP) is 4.01. The van der Waals surface area contributed by atoms with Crippen LogP contribution in [0.3, 0.4) is 0 Å². The van der Waals surface area contributed by atoms with Gasteiger partial charge in [-0.15, -0.1) is 0 Å². The summed E-state index contributed by atoms with van der Waals surface area (Å²) in [4.78, 5) is 10.8. The molecular formula is C19H21ClN4O2. The number of hydrogen-bond acceptors (Lipinski definition) is 6. The van der Waals surface area contributed by atoms with Crippen LogP contribution in [0.5, 0.6) is 0 Å². The third-order valence-corrected chi connectivity index (χ3v) is 5.06. The van der Waals surface area contributed by atoms with Crippen molar-refractivity contribution >= 4 is 34.2 Å². The molecule has 1 aliphatic heterocycles. The van der Waals surface area contributed by atoms with Gasteiger partial charge in [-0.2, -0.15) is 0 Å². The van der Waals surface area contributed by atoms with E-state index >= 15 is 0 Å². The van der Waals surface area contributed by atoms with Gasteiger partial charge in [-0.05, 0) is 44.0 Å². The van der Waals surface area contributed by atoms with Crippen LogP contribution < -0.4 is 10.2 Å². The number of nitrogens with one attached hydrogen (secondary N) is 1. The average Bonchev–Trinajstić information content (AvgIpc) is 3.28. The summed E-state index contributed by atoms with van der Waals surface area (Å²) in [5.41, 5.74) is 0.810. The highest BCUT2D eigenvalue weighted by Gasteiger charge is 2.25. The quantitative estimate of drug-likeness (QED) is 0.704. The summed E-state index contributed by atoms with van der Waals surface area (Å²) >= 11 is 6.04. The first-order valence-corrected chi connectivity index (χ1v) is 9.17. The molecule has 0 saturated carbocycles. The molecule has 4 rings (SSSR count). The van der Waals surface area contributed by atoms with Crippen molar-refractivity contribution in [2.45, 2.75) is 31.8 Å². The lowest BCUT2D eigenvalue weighted by atomic mass is 10.2. The first-order chi connectivity index (χ1) is 12.6. The summed E-state index contributed by atoms with van der Waals surface area (Å²) < 4.78 is 5.91. The lowest BCUT2D eigenvalue weighted by Gasteiger charge is -2.24. The van der Waals surface area contributed by atoms with Crippen molar-refractivity contribution in [3.8, 4) is 0 Å². The fourth-order valence-corrected chi connectivity index (χ4v) is 3.63. The number of anilines is 2. The van der Waals surface area contributed by atoms with Crippen LogP contribution in [-0.4, -0.2) is 34.3 Å². The number of fused-ring (bicyclic) bond motifs is 1. The minimum absolute atomic E-state index is 0.0591. The van der Waals surface area contributed by atoms with E-state index in [1.165, 1.54) is 0 Å². The molecule has 0 spiro atoms. The van der Waals surface area contributed by atoms with Gasteiger partial charge in [-0.1, -0.05) is 11.6 Å². The molecule has 2 unspecified atom stereocenters. The van der Waals surface area contributed by atoms with Crippen molar-refractivity contribution < 1.29 is 9.52 Å². The second-order valence-corrected chi connectivity index (χ2v) is 7.07. The van der Waals surface area contributed by atoms with Gasteiger partial charge in [0, 0.05) is 23.0 Å². The maximum atomic E-state index is 9.53. The lowest BCUT2D eigenvalue weighted by Crippen LogP contribution is -2.32. The van der Waals surface area contributed by atoms with Crippen LogP contribution >= 0.6 is 11.6 Å². The smallest absolute Gasteiger partial charge is 0.134 e. The molecule has 1 aromatic carbocycles. The normalized spacial score (nSPS) is 18.4. The van der Waals surface area contributed by atoms with Crippen molar-refractivity contribution in [2.75, 3.05) is 23.4 Å². The van der Waals surface area contributed by atoms with Gasteiger partial charge in [0.05, 0.1) is 18.7 Å². The van der Waals surface area contributed by atoms with Crippen LogP contribution in [0.15, 0.2) is 41.1 Å². The van der Waals surface area contributed by atoms with Crippen LogP contribution in [0.4, 0.5) is 11.6 Å². The third-order valence-electron chi connectivity index (χ3n) is 4.82. The second-order valence-electron chi connectivity index (χ2n) is 6.63. The van der Waals surface area contributed by atoms with E-state index < -0.39 is 0 Å².